The Morgan fingerprint density at radius 3 is 2.14 bits per heavy atom. The van der Waals surface area contributed by atoms with Crippen molar-refractivity contribution in [2.75, 3.05) is 47.3 Å². The van der Waals surface area contributed by atoms with Crippen molar-refractivity contribution >= 4 is 0 Å². The molecule has 1 atom stereocenters. The minimum Gasteiger partial charge on any atom is -0.309 e. The van der Waals surface area contributed by atoms with Gasteiger partial charge in [-0.25, -0.2) is 0 Å². The lowest BCUT2D eigenvalue weighted by Crippen LogP contribution is -2.34. The summed E-state index contributed by atoms with van der Waals surface area (Å²) >= 11 is 0. The highest BCUT2D eigenvalue weighted by Crippen LogP contribution is 2.18. The van der Waals surface area contributed by atoms with Gasteiger partial charge in [0.2, 0.25) is 0 Å². The zero-order chi connectivity index (χ0) is 15.8. The van der Waals surface area contributed by atoms with Crippen molar-refractivity contribution in [3.05, 3.63) is 34.9 Å². The first-order valence-corrected chi connectivity index (χ1v) is 8.07. The molecule has 0 aliphatic heterocycles. The summed E-state index contributed by atoms with van der Waals surface area (Å²) in [6.45, 7) is 10.9. The topological polar surface area (TPSA) is 18.5 Å². The van der Waals surface area contributed by atoms with Gasteiger partial charge in [-0.2, -0.15) is 0 Å². The Bertz CT molecular complexity index is 395. The summed E-state index contributed by atoms with van der Waals surface area (Å²) in [4.78, 5) is 4.69. The van der Waals surface area contributed by atoms with Gasteiger partial charge in [-0.15, -0.1) is 0 Å². The largest absolute Gasteiger partial charge is 0.309 e. The van der Waals surface area contributed by atoms with Crippen molar-refractivity contribution in [1.29, 1.82) is 0 Å². The third kappa shape index (κ3) is 7.07. The number of aryl methyl sites for hydroxylation is 2. The Balaban J connectivity index is 2.64. The van der Waals surface area contributed by atoms with E-state index in [9.17, 15) is 0 Å². The number of likely N-dealkylation sites (N-methyl/N-ethyl adjacent to an activating group) is 2. The van der Waals surface area contributed by atoms with E-state index in [1.54, 1.807) is 0 Å². The predicted octanol–water partition coefficient (Wildman–Crippen LogP) is 2.84. The van der Waals surface area contributed by atoms with Crippen LogP contribution in [0.15, 0.2) is 18.2 Å². The van der Waals surface area contributed by atoms with Gasteiger partial charge >= 0.3 is 0 Å². The van der Waals surface area contributed by atoms with Gasteiger partial charge < -0.3 is 15.1 Å². The highest BCUT2D eigenvalue weighted by molar-refractivity contribution is 5.30. The number of nitrogens with one attached hydrogen (secondary N) is 1. The number of rotatable bonds is 9. The van der Waals surface area contributed by atoms with Crippen LogP contribution in [-0.4, -0.2) is 57.1 Å². The minimum absolute atomic E-state index is 0.415. The van der Waals surface area contributed by atoms with Crippen molar-refractivity contribution < 1.29 is 0 Å². The molecular formula is C18H33N3. The fourth-order valence-corrected chi connectivity index (χ4v) is 2.81. The molecule has 21 heavy (non-hydrogen) atoms. The Morgan fingerprint density at radius 1 is 1.00 bits per heavy atom. The molecule has 120 valence electrons. The van der Waals surface area contributed by atoms with Crippen LogP contribution in [0.25, 0.3) is 0 Å². The van der Waals surface area contributed by atoms with E-state index in [-0.39, 0.29) is 0 Å². The van der Waals surface area contributed by atoms with Crippen LogP contribution in [0, 0.1) is 13.8 Å². The lowest BCUT2D eigenvalue weighted by atomic mass is 10.0. The van der Waals surface area contributed by atoms with Crippen LogP contribution in [0.4, 0.5) is 0 Å². The van der Waals surface area contributed by atoms with Crippen LogP contribution in [0.3, 0.4) is 0 Å². The number of hydrogen-bond acceptors (Lipinski definition) is 3. The number of nitrogens with zero attached hydrogens (tertiary/aromatic N) is 2. The average molecular weight is 291 g/mol. The third-order valence-corrected chi connectivity index (χ3v) is 3.74. The van der Waals surface area contributed by atoms with Crippen molar-refractivity contribution in [3.63, 3.8) is 0 Å². The number of benzene rings is 1. The Morgan fingerprint density at radius 2 is 1.62 bits per heavy atom. The normalized spacial score (nSPS) is 13.1. The van der Waals surface area contributed by atoms with E-state index in [1.165, 1.54) is 23.1 Å². The van der Waals surface area contributed by atoms with Gasteiger partial charge in [0.15, 0.2) is 0 Å². The SMILES string of the molecule is CCNC(CN(C)CCCN(C)C)c1cc(C)cc(C)c1. The highest BCUT2D eigenvalue weighted by atomic mass is 15.1. The first-order valence-electron chi connectivity index (χ1n) is 8.07. The molecule has 1 aromatic carbocycles. The lowest BCUT2D eigenvalue weighted by Gasteiger charge is -2.26. The van der Waals surface area contributed by atoms with E-state index in [0.29, 0.717) is 6.04 Å². The molecule has 1 N–H and O–H groups in total. The van der Waals surface area contributed by atoms with Gasteiger partial charge in [0, 0.05) is 12.6 Å². The maximum atomic E-state index is 3.63. The summed E-state index contributed by atoms with van der Waals surface area (Å²) in [5.41, 5.74) is 4.11. The Labute approximate surface area is 131 Å². The summed E-state index contributed by atoms with van der Waals surface area (Å²) in [6, 6.07) is 7.29. The van der Waals surface area contributed by atoms with E-state index in [4.69, 9.17) is 0 Å². The molecule has 0 saturated heterocycles. The molecule has 0 fully saturated rings. The van der Waals surface area contributed by atoms with Crippen molar-refractivity contribution in [3.8, 4) is 0 Å². The maximum absolute atomic E-state index is 3.63. The molecule has 0 aliphatic carbocycles. The van der Waals surface area contributed by atoms with Crippen LogP contribution in [0.2, 0.25) is 0 Å². The molecule has 0 aliphatic rings. The lowest BCUT2D eigenvalue weighted by molar-refractivity contribution is 0.272. The molecule has 0 radical (unpaired) electrons. The average Bonchev–Trinajstić information content (AvgIpc) is 2.36. The smallest absolute Gasteiger partial charge is 0.0449 e. The molecule has 0 heterocycles. The minimum atomic E-state index is 0.415. The summed E-state index contributed by atoms with van der Waals surface area (Å²) in [5, 5.41) is 3.63. The van der Waals surface area contributed by atoms with Gasteiger partial charge in [0.25, 0.3) is 0 Å². The van der Waals surface area contributed by atoms with Gasteiger partial charge in [0.1, 0.15) is 0 Å². The highest BCUT2D eigenvalue weighted by Gasteiger charge is 2.13. The Kier molecular flexibility index (Phi) is 7.94. The van der Waals surface area contributed by atoms with Gasteiger partial charge in [-0.05, 0) is 66.6 Å². The van der Waals surface area contributed by atoms with Crippen LogP contribution in [0.1, 0.15) is 36.1 Å². The first-order chi connectivity index (χ1) is 9.92. The first kappa shape index (κ1) is 18.1. The van der Waals surface area contributed by atoms with Gasteiger partial charge in [0.05, 0.1) is 0 Å². The molecule has 0 amide bonds. The molecule has 0 bridgehead atoms. The van der Waals surface area contributed by atoms with Crippen LogP contribution in [0.5, 0.6) is 0 Å². The molecule has 3 nitrogen and oxygen atoms in total. The van der Waals surface area contributed by atoms with Crippen molar-refractivity contribution in [2.24, 2.45) is 0 Å². The molecule has 0 aromatic heterocycles. The molecule has 0 spiro atoms. The van der Waals surface area contributed by atoms with Crippen LogP contribution in [-0.2, 0) is 0 Å². The van der Waals surface area contributed by atoms with E-state index in [0.717, 1.165) is 26.2 Å². The maximum Gasteiger partial charge on any atom is 0.0449 e. The Hall–Kier alpha value is -0.900. The second kappa shape index (κ2) is 9.19. The fraction of sp³-hybridized carbons (Fsp3) is 0.667. The standard InChI is InChI=1S/C18H33N3/c1-7-19-18(14-21(6)10-8-9-20(4)5)17-12-15(2)11-16(3)13-17/h11-13,18-19H,7-10,14H2,1-6H3. The molecule has 1 rings (SSSR count). The van der Waals surface area contributed by atoms with Crippen LogP contribution >= 0.6 is 0 Å². The summed E-state index contributed by atoms with van der Waals surface area (Å²) in [7, 11) is 6.50. The predicted molar refractivity (Wildman–Crippen MR) is 93.0 cm³/mol. The number of hydrogen-bond donors (Lipinski definition) is 1. The third-order valence-electron chi connectivity index (χ3n) is 3.74. The quantitative estimate of drug-likeness (QED) is 0.755. The van der Waals surface area contributed by atoms with E-state index >= 15 is 0 Å². The second-order valence-corrected chi connectivity index (χ2v) is 6.45. The summed E-state index contributed by atoms with van der Waals surface area (Å²) < 4.78 is 0. The molecule has 1 unspecified atom stereocenters. The zero-order valence-electron chi connectivity index (χ0n) is 14.7. The van der Waals surface area contributed by atoms with E-state index < -0.39 is 0 Å². The van der Waals surface area contributed by atoms with Gasteiger partial charge in [-0.1, -0.05) is 36.2 Å². The summed E-state index contributed by atoms with van der Waals surface area (Å²) in [6.07, 6.45) is 1.22. The van der Waals surface area contributed by atoms with Crippen molar-refractivity contribution in [2.45, 2.75) is 33.2 Å². The monoisotopic (exact) mass is 291 g/mol. The molecular weight excluding hydrogens is 258 g/mol. The summed E-state index contributed by atoms with van der Waals surface area (Å²) in [5.74, 6) is 0. The second-order valence-electron chi connectivity index (χ2n) is 6.45. The molecule has 0 saturated carbocycles. The van der Waals surface area contributed by atoms with Crippen LogP contribution < -0.4 is 5.32 Å². The van der Waals surface area contributed by atoms with E-state index in [1.807, 2.05) is 0 Å². The molecule has 1 aromatic rings. The fourth-order valence-electron chi connectivity index (χ4n) is 2.81. The van der Waals surface area contributed by atoms with Crippen molar-refractivity contribution in [1.82, 2.24) is 15.1 Å². The zero-order valence-corrected chi connectivity index (χ0v) is 14.7. The van der Waals surface area contributed by atoms with E-state index in [2.05, 4.69) is 75.2 Å². The molecule has 3 heteroatoms. The van der Waals surface area contributed by atoms with Gasteiger partial charge in [-0.3, -0.25) is 0 Å².